The molecule has 0 aliphatic heterocycles. The van der Waals surface area contributed by atoms with Crippen molar-refractivity contribution in [1.82, 2.24) is 19.3 Å². The van der Waals surface area contributed by atoms with Gasteiger partial charge in [-0.2, -0.15) is 4.31 Å². The van der Waals surface area contributed by atoms with Gasteiger partial charge in [0.2, 0.25) is 0 Å². The highest BCUT2D eigenvalue weighted by Crippen LogP contribution is 2.25. The first-order chi connectivity index (χ1) is 24.4. The maximum atomic E-state index is 13.8. The van der Waals surface area contributed by atoms with Crippen molar-refractivity contribution >= 4 is 45.6 Å². The molecule has 1 unspecified atom stereocenters. The SMILES string of the molecule is Cl.O=C(O)C(CCCCCCCCCCc1ccccc1)Nc1cccc(CN(Cc2ccc(-c3nccs3)cc2)S(=O)(=O)c2ccccn2)n1. The van der Waals surface area contributed by atoms with E-state index in [0.717, 1.165) is 48.2 Å². The van der Waals surface area contributed by atoms with E-state index in [9.17, 15) is 18.3 Å². The van der Waals surface area contributed by atoms with Crippen LogP contribution in [0.15, 0.2) is 114 Å². The molecule has 0 amide bonds. The highest BCUT2D eigenvalue weighted by molar-refractivity contribution is 7.89. The van der Waals surface area contributed by atoms with Gasteiger partial charge in [-0.25, -0.2) is 28.2 Å². The number of carbonyl (C=O) groups is 1. The number of nitrogens with one attached hydrogen (secondary N) is 1. The summed E-state index contributed by atoms with van der Waals surface area (Å²) in [6.07, 6.45) is 13.7. The molecule has 12 heteroatoms. The third-order valence-corrected chi connectivity index (χ3v) is 11.1. The molecular formula is C39H46ClN5O4S2. The van der Waals surface area contributed by atoms with E-state index in [4.69, 9.17) is 0 Å². The van der Waals surface area contributed by atoms with Crippen molar-refractivity contribution in [3.63, 3.8) is 0 Å². The highest BCUT2D eigenvalue weighted by atomic mass is 35.5. The fraction of sp³-hybridized carbons (Fsp3) is 0.333. The fourth-order valence-corrected chi connectivity index (χ4v) is 7.80. The Labute approximate surface area is 311 Å². The Hall–Kier alpha value is -4.16. The van der Waals surface area contributed by atoms with Crippen molar-refractivity contribution in [2.24, 2.45) is 0 Å². The number of thiazole rings is 1. The van der Waals surface area contributed by atoms with Crippen molar-refractivity contribution < 1.29 is 18.3 Å². The molecule has 0 aliphatic carbocycles. The lowest BCUT2D eigenvalue weighted by atomic mass is 10.0. The molecule has 0 saturated carbocycles. The van der Waals surface area contributed by atoms with Crippen LogP contribution in [0.2, 0.25) is 0 Å². The number of hydrogen-bond acceptors (Lipinski definition) is 8. The maximum absolute atomic E-state index is 13.8. The molecule has 1 atom stereocenters. The lowest BCUT2D eigenvalue weighted by molar-refractivity contribution is -0.138. The normalized spacial score (nSPS) is 11.9. The van der Waals surface area contributed by atoms with E-state index >= 15 is 0 Å². The lowest BCUT2D eigenvalue weighted by Gasteiger charge is -2.22. The van der Waals surface area contributed by atoms with E-state index in [2.05, 4.69) is 50.6 Å². The predicted octanol–water partition coefficient (Wildman–Crippen LogP) is 9.03. The summed E-state index contributed by atoms with van der Waals surface area (Å²) in [6.45, 7) is 0.0779. The fourth-order valence-electron chi connectivity index (χ4n) is 5.83. The summed E-state index contributed by atoms with van der Waals surface area (Å²) in [5.74, 6) is -0.537. The molecule has 0 spiro atoms. The van der Waals surface area contributed by atoms with Gasteiger partial charge in [0.25, 0.3) is 10.0 Å². The molecule has 5 aromatic rings. The number of carboxylic acid groups (broad SMARTS) is 1. The summed E-state index contributed by atoms with van der Waals surface area (Å²) in [7, 11) is -3.98. The zero-order chi connectivity index (χ0) is 35.0. The Morgan fingerprint density at radius 3 is 2.12 bits per heavy atom. The van der Waals surface area contributed by atoms with Crippen LogP contribution >= 0.6 is 23.7 Å². The van der Waals surface area contributed by atoms with Crippen molar-refractivity contribution in [3.05, 3.63) is 126 Å². The summed E-state index contributed by atoms with van der Waals surface area (Å²) in [6, 6.07) is 27.5. The van der Waals surface area contributed by atoms with Gasteiger partial charge in [-0.15, -0.1) is 23.7 Å². The van der Waals surface area contributed by atoms with Crippen LogP contribution in [0.3, 0.4) is 0 Å². The molecule has 3 aromatic heterocycles. The molecule has 9 nitrogen and oxygen atoms in total. The lowest BCUT2D eigenvalue weighted by Crippen LogP contribution is -2.32. The number of rotatable bonds is 21. The van der Waals surface area contributed by atoms with E-state index < -0.39 is 22.0 Å². The second kappa shape index (κ2) is 20.6. The third-order valence-electron chi connectivity index (χ3n) is 8.55. The molecule has 3 heterocycles. The van der Waals surface area contributed by atoms with Gasteiger partial charge in [0, 0.05) is 29.9 Å². The number of hydrogen-bond donors (Lipinski definition) is 2. The number of anilines is 1. The van der Waals surface area contributed by atoms with Crippen LogP contribution in [0.1, 0.15) is 74.6 Å². The largest absolute Gasteiger partial charge is 0.480 e. The van der Waals surface area contributed by atoms with Gasteiger partial charge in [0.15, 0.2) is 5.03 Å². The van der Waals surface area contributed by atoms with Crippen molar-refractivity contribution in [2.45, 2.75) is 88.4 Å². The average Bonchev–Trinajstić information content (AvgIpc) is 3.68. The van der Waals surface area contributed by atoms with Gasteiger partial charge < -0.3 is 10.4 Å². The molecule has 0 radical (unpaired) electrons. The summed E-state index contributed by atoms with van der Waals surface area (Å²) in [5, 5.41) is 15.8. The minimum absolute atomic E-state index is 0. The van der Waals surface area contributed by atoms with Crippen molar-refractivity contribution in [2.75, 3.05) is 5.32 Å². The van der Waals surface area contributed by atoms with Crippen LogP contribution in [-0.2, 0) is 34.3 Å². The first-order valence-electron chi connectivity index (χ1n) is 17.3. The second-order valence-electron chi connectivity index (χ2n) is 12.4. The number of halogens is 1. The summed E-state index contributed by atoms with van der Waals surface area (Å²) in [4.78, 5) is 25.2. The van der Waals surface area contributed by atoms with Crippen LogP contribution in [0.5, 0.6) is 0 Å². The summed E-state index contributed by atoms with van der Waals surface area (Å²) < 4.78 is 28.9. The van der Waals surface area contributed by atoms with Gasteiger partial charge in [-0.05, 0) is 54.7 Å². The van der Waals surface area contributed by atoms with Crippen LogP contribution in [-0.4, -0.2) is 44.8 Å². The Balaban J connectivity index is 0.00000583. The number of unbranched alkanes of at least 4 members (excludes halogenated alkanes) is 7. The molecule has 2 N–H and O–H groups in total. The molecule has 270 valence electrons. The van der Waals surface area contributed by atoms with E-state index in [1.54, 1.807) is 36.5 Å². The van der Waals surface area contributed by atoms with E-state index in [0.29, 0.717) is 17.9 Å². The Morgan fingerprint density at radius 1 is 0.745 bits per heavy atom. The number of aryl methyl sites for hydroxylation is 1. The minimum atomic E-state index is -3.98. The molecule has 0 fully saturated rings. The zero-order valence-corrected chi connectivity index (χ0v) is 31.1. The number of nitrogens with zero attached hydrogens (tertiary/aromatic N) is 4. The predicted molar refractivity (Wildman–Crippen MR) is 206 cm³/mol. The number of aromatic nitrogens is 3. The second-order valence-corrected chi connectivity index (χ2v) is 15.2. The van der Waals surface area contributed by atoms with Gasteiger partial charge in [0.1, 0.15) is 16.9 Å². The van der Waals surface area contributed by atoms with Gasteiger partial charge >= 0.3 is 5.97 Å². The standard InChI is InChI=1S/C39H45N5O4S2.ClH/c45-39(46)35(19-11-6-4-2-1-3-5-8-15-31-16-9-7-10-17-31)43-36-20-14-18-34(42-36)30-44(50(47,48)37-21-12-13-26-40-37)29-32-22-24-33(25-23-32)38-41-27-28-49-38;/h7,9-10,12-14,16-18,20-28,35H,1-6,8,11,15,19,29-30H2,(H,42,43)(H,45,46);1H. The highest BCUT2D eigenvalue weighted by Gasteiger charge is 2.27. The van der Waals surface area contributed by atoms with Gasteiger partial charge in [-0.1, -0.05) is 112 Å². The van der Waals surface area contributed by atoms with Crippen LogP contribution in [0.4, 0.5) is 5.82 Å². The number of aliphatic carboxylic acids is 1. The topological polar surface area (TPSA) is 125 Å². The van der Waals surface area contributed by atoms with Crippen LogP contribution in [0, 0.1) is 0 Å². The molecule has 51 heavy (non-hydrogen) atoms. The molecular weight excluding hydrogens is 702 g/mol. The Morgan fingerprint density at radius 2 is 1.45 bits per heavy atom. The van der Waals surface area contributed by atoms with Crippen molar-refractivity contribution in [1.29, 1.82) is 0 Å². The number of carboxylic acids is 1. The smallest absolute Gasteiger partial charge is 0.326 e. The molecule has 5 rings (SSSR count). The Kier molecular flexibility index (Phi) is 16.0. The first-order valence-corrected chi connectivity index (χ1v) is 19.6. The Bertz CT molecular complexity index is 1850. The van der Waals surface area contributed by atoms with Gasteiger partial charge in [-0.3, -0.25) is 0 Å². The number of benzene rings is 2. The zero-order valence-electron chi connectivity index (χ0n) is 28.6. The van der Waals surface area contributed by atoms with E-state index in [-0.39, 0.29) is 30.5 Å². The third kappa shape index (κ3) is 12.5. The van der Waals surface area contributed by atoms with Crippen LogP contribution < -0.4 is 5.32 Å². The number of sulfonamides is 1. The molecule has 0 bridgehead atoms. The van der Waals surface area contributed by atoms with E-state index in [1.165, 1.54) is 59.2 Å². The van der Waals surface area contributed by atoms with Gasteiger partial charge in [0.05, 0.1) is 12.2 Å². The quantitative estimate of drug-likeness (QED) is 0.0713. The van der Waals surface area contributed by atoms with Crippen LogP contribution in [0.25, 0.3) is 10.6 Å². The monoisotopic (exact) mass is 747 g/mol. The molecule has 2 aromatic carbocycles. The van der Waals surface area contributed by atoms with Crippen molar-refractivity contribution in [3.8, 4) is 10.6 Å². The molecule has 0 saturated heterocycles. The minimum Gasteiger partial charge on any atom is -0.480 e. The average molecular weight is 748 g/mol. The maximum Gasteiger partial charge on any atom is 0.326 e. The first kappa shape index (κ1) is 39.6. The number of pyridine rings is 2. The van der Waals surface area contributed by atoms with E-state index in [1.807, 2.05) is 29.6 Å². The molecule has 0 aliphatic rings. The summed E-state index contributed by atoms with van der Waals surface area (Å²) >= 11 is 1.54. The summed E-state index contributed by atoms with van der Waals surface area (Å²) in [5.41, 5.74) is 3.65.